The van der Waals surface area contributed by atoms with Gasteiger partial charge in [0.1, 0.15) is 5.60 Å². The van der Waals surface area contributed by atoms with E-state index in [0.717, 1.165) is 12.1 Å². The Balaban J connectivity index is 1.82. The van der Waals surface area contributed by atoms with E-state index in [2.05, 4.69) is 0 Å². The quantitative estimate of drug-likeness (QED) is 0.699. The molecule has 0 radical (unpaired) electrons. The number of imide groups is 1. The number of rotatable bonds is 1. The van der Waals surface area contributed by atoms with Crippen LogP contribution in [0.15, 0.2) is 18.2 Å². The van der Waals surface area contributed by atoms with E-state index in [1.165, 1.54) is 13.0 Å². The molecule has 0 aromatic heterocycles. The molecule has 2 unspecified atom stereocenters. The Morgan fingerprint density at radius 2 is 1.81 bits per heavy atom. The molecule has 3 aliphatic heterocycles. The molecule has 27 heavy (non-hydrogen) atoms. The Bertz CT molecular complexity index is 966. The molecule has 3 saturated heterocycles. The Hall–Kier alpha value is -2.73. The summed E-state index contributed by atoms with van der Waals surface area (Å²) in [6.45, 7) is 3.01. The molecule has 2 bridgehead atoms. The summed E-state index contributed by atoms with van der Waals surface area (Å²) in [7, 11) is 0. The number of fused-ring (bicyclic) bond motifs is 5. The molecule has 0 spiro atoms. The van der Waals surface area contributed by atoms with E-state index in [9.17, 15) is 27.6 Å². The highest BCUT2D eigenvalue weighted by Crippen LogP contribution is 2.59. The minimum atomic E-state index is -4.82. The largest absolute Gasteiger partial charge is 0.417 e. The number of hydrogen-bond donors (Lipinski definition) is 0. The number of halogens is 3. The van der Waals surface area contributed by atoms with Crippen LogP contribution in [0.5, 0.6) is 0 Å². The maximum absolute atomic E-state index is 13.2. The van der Waals surface area contributed by atoms with E-state index >= 15 is 0 Å². The number of nitriles is 1. The van der Waals surface area contributed by atoms with Crippen molar-refractivity contribution in [2.45, 2.75) is 37.6 Å². The number of amides is 2. The molecule has 140 valence electrons. The fourth-order valence-corrected chi connectivity index (χ4v) is 4.58. The van der Waals surface area contributed by atoms with Gasteiger partial charge in [0.2, 0.25) is 11.8 Å². The zero-order valence-corrected chi connectivity index (χ0v) is 14.3. The van der Waals surface area contributed by atoms with E-state index in [0.29, 0.717) is 11.0 Å². The molecule has 0 aliphatic carbocycles. The van der Waals surface area contributed by atoms with E-state index < -0.39 is 52.2 Å². The molecular formula is C18H13F3N2O4. The van der Waals surface area contributed by atoms with Crippen molar-refractivity contribution in [3.63, 3.8) is 0 Å². The molecule has 4 rings (SSSR count). The van der Waals surface area contributed by atoms with Gasteiger partial charge in [0.15, 0.2) is 5.78 Å². The van der Waals surface area contributed by atoms with Crippen LogP contribution in [0.1, 0.15) is 31.4 Å². The van der Waals surface area contributed by atoms with Crippen molar-refractivity contribution in [1.29, 1.82) is 5.26 Å². The average Bonchev–Trinajstić information content (AvgIpc) is 3.07. The molecule has 1 aromatic carbocycles. The first-order chi connectivity index (χ1) is 12.4. The molecular weight excluding hydrogens is 365 g/mol. The van der Waals surface area contributed by atoms with Gasteiger partial charge in [0, 0.05) is 6.42 Å². The molecule has 4 atom stereocenters. The van der Waals surface area contributed by atoms with Gasteiger partial charge in [-0.25, -0.2) is 4.90 Å². The number of Topliss-reactive ketones (excluding diaryl/α,β-unsaturated/α-hetero) is 1. The van der Waals surface area contributed by atoms with Crippen LogP contribution in [0.25, 0.3) is 0 Å². The van der Waals surface area contributed by atoms with E-state index in [1.807, 2.05) is 0 Å². The summed E-state index contributed by atoms with van der Waals surface area (Å²) in [6, 6.07) is 4.11. The average molecular weight is 378 g/mol. The van der Waals surface area contributed by atoms with Gasteiger partial charge < -0.3 is 4.74 Å². The molecule has 3 heterocycles. The molecule has 6 nitrogen and oxygen atoms in total. The number of hydrogen-bond acceptors (Lipinski definition) is 5. The second kappa shape index (κ2) is 4.95. The summed E-state index contributed by atoms with van der Waals surface area (Å²) in [5.74, 6) is -3.76. The van der Waals surface area contributed by atoms with Gasteiger partial charge in [-0.1, -0.05) is 0 Å². The smallest absolute Gasteiger partial charge is 0.359 e. The monoisotopic (exact) mass is 378 g/mol. The lowest BCUT2D eigenvalue weighted by molar-refractivity contribution is -0.140. The van der Waals surface area contributed by atoms with Crippen LogP contribution in [0.2, 0.25) is 0 Å². The summed E-state index contributed by atoms with van der Waals surface area (Å²) in [5, 5.41) is 8.90. The van der Waals surface area contributed by atoms with E-state index in [1.54, 1.807) is 6.92 Å². The summed E-state index contributed by atoms with van der Waals surface area (Å²) < 4.78 is 45.4. The molecule has 1 aromatic rings. The minimum Gasteiger partial charge on any atom is -0.359 e. The van der Waals surface area contributed by atoms with Gasteiger partial charge in [-0.05, 0) is 32.0 Å². The van der Waals surface area contributed by atoms with Gasteiger partial charge in [0.05, 0.1) is 40.3 Å². The predicted octanol–water partition coefficient (Wildman–Crippen LogP) is 2.20. The van der Waals surface area contributed by atoms with Crippen molar-refractivity contribution in [1.82, 2.24) is 0 Å². The Labute approximate surface area is 151 Å². The number of carbonyl (C=O) groups excluding carboxylic acids is 3. The third kappa shape index (κ3) is 2.07. The zero-order valence-electron chi connectivity index (χ0n) is 14.3. The number of nitrogens with zero attached hydrogens (tertiary/aromatic N) is 2. The van der Waals surface area contributed by atoms with Crippen LogP contribution in [0, 0.1) is 23.2 Å². The van der Waals surface area contributed by atoms with E-state index in [4.69, 9.17) is 10.00 Å². The fraction of sp³-hybridized carbons (Fsp3) is 0.444. The number of ether oxygens (including phenoxy) is 1. The second-order valence-electron chi connectivity index (χ2n) is 7.43. The molecule has 3 fully saturated rings. The number of anilines is 1. The number of ketones is 1. The maximum atomic E-state index is 13.2. The summed E-state index contributed by atoms with van der Waals surface area (Å²) in [5.41, 5.74) is -4.72. The lowest BCUT2D eigenvalue weighted by Crippen LogP contribution is -2.46. The predicted molar refractivity (Wildman–Crippen MR) is 83.2 cm³/mol. The van der Waals surface area contributed by atoms with Crippen LogP contribution < -0.4 is 4.90 Å². The number of benzene rings is 1. The lowest BCUT2D eigenvalue weighted by atomic mass is 9.68. The SMILES string of the molecule is CC12CC(=O)C(C)(O1)[C@H]1C(=O)N(c3ccc(C#N)c(C(F)(F)F)c3)C(=O)[C@H]12. The van der Waals surface area contributed by atoms with Crippen molar-refractivity contribution >= 4 is 23.3 Å². The van der Waals surface area contributed by atoms with Gasteiger partial charge in [-0.15, -0.1) is 0 Å². The topological polar surface area (TPSA) is 87.5 Å². The van der Waals surface area contributed by atoms with Gasteiger partial charge >= 0.3 is 6.18 Å². The minimum absolute atomic E-state index is 0.0291. The normalized spacial score (nSPS) is 35.0. The van der Waals surface area contributed by atoms with Crippen LogP contribution in [0.3, 0.4) is 0 Å². The van der Waals surface area contributed by atoms with Gasteiger partial charge in [0.25, 0.3) is 0 Å². The first-order valence-corrected chi connectivity index (χ1v) is 8.17. The third-order valence-corrected chi connectivity index (χ3v) is 5.76. The van der Waals surface area contributed by atoms with Crippen LogP contribution in [0.4, 0.5) is 18.9 Å². The molecule has 2 amide bonds. The van der Waals surface area contributed by atoms with Crippen molar-refractivity contribution in [3.05, 3.63) is 29.3 Å². The van der Waals surface area contributed by atoms with Crippen molar-refractivity contribution in [2.24, 2.45) is 11.8 Å². The highest BCUT2D eigenvalue weighted by Gasteiger charge is 2.76. The van der Waals surface area contributed by atoms with Gasteiger partial charge in [-0.3, -0.25) is 14.4 Å². The number of carbonyl (C=O) groups is 3. The maximum Gasteiger partial charge on any atom is 0.417 e. The van der Waals surface area contributed by atoms with Crippen LogP contribution in [-0.4, -0.2) is 28.8 Å². The third-order valence-electron chi connectivity index (χ3n) is 5.76. The Morgan fingerprint density at radius 1 is 1.19 bits per heavy atom. The molecule has 0 saturated carbocycles. The summed E-state index contributed by atoms with van der Waals surface area (Å²) in [4.78, 5) is 38.8. The molecule has 3 aliphatic rings. The highest BCUT2D eigenvalue weighted by molar-refractivity contribution is 6.25. The van der Waals surface area contributed by atoms with Gasteiger partial charge in [-0.2, -0.15) is 18.4 Å². The summed E-state index contributed by atoms with van der Waals surface area (Å²) >= 11 is 0. The van der Waals surface area contributed by atoms with Crippen LogP contribution in [-0.2, 0) is 25.3 Å². The molecule has 0 N–H and O–H groups in total. The second-order valence-corrected chi connectivity index (χ2v) is 7.43. The van der Waals surface area contributed by atoms with Crippen molar-refractivity contribution < 1.29 is 32.3 Å². The van der Waals surface area contributed by atoms with Crippen molar-refractivity contribution in [2.75, 3.05) is 4.90 Å². The highest BCUT2D eigenvalue weighted by atomic mass is 19.4. The van der Waals surface area contributed by atoms with Crippen molar-refractivity contribution in [3.8, 4) is 6.07 Å². The standard InChI is InChI=1S/C18H13F3N2O4/c1-16-6-11(24)17(2,27-16)13-12(16)14(25)23(15(13)26)9-4-3-8(7-22)10(5-9)18(19,20)21/h3-5,12-13H,6H2,1-2H3/t12-,13+,16?,17?/m0/s1. The first-order valence-electron chi connectivity index (χ1n) is 8.17. The Morgan fingerprint density at radius 3 is 2.41 bits per heavy atom. The summed E-state index contributed by atoms with van der Waals surface area (Å²) in [6.07, 6.45) is -4.85. The van der Waals surface area contributed by atoms with Crippen LogP contribution >= 0.6 is 0 Å². The zero-order chi connectivity index (χ0) is 19.9. The molecule has 9 heteroatoms. The number of alkyl halides is 3. The Kier molecular flexibility index (Phi) is 3.24. The lowest BCUT2D eigenvalue weighted by Gasteiger charge is -2.26. The first kappa shape index (κ1) is 17.7. The fourth-order valence-electron chi connectivity index (χ4n) is 4.58. The van der Waals surface area contributed by atoms with E-state index in [-0.39, 0.29) is 17.9 Å².